The third kappa shape index (κ3) is 2.24. The molecule has 3 aromatic rings. The molecule has 0 radical (unpaired) electrons. The first-order valence-corrected chi connectivity index (χ1v) is 8.84. The molecule has 0 aliphatic carbocycles. The number of aromatic amines is 1. The number of nitrogens with one attached hydrogen (secondary N) is 3. The molecule has 1 spiro atoms. The third-order valence-corrected chi connectivity index (χ3v) is 5.65. The Morgan fingerprint density at radius 2 is 1.93 bits per heavy atom. The number of alkyl halides is 3. The zero-order valence-electron chi connectivity index (χ0n) is 14.0. The van der Waals surface area contributed by atoms with E-state index in [0.717, 1.165) is 0 Å². The molecular weight excluding hydrogens is 398 g/mol. The minimum absolute atomic E-state index is 0.263. The highest BCUT2D eigenvalue weighted by atomic mass is 35.5. The molecule has 0 saturated carbocycles. The molecule has 2 aliphatic rings. The van der Waals surface area contributed by atoms with E-state index in [1.165, 1.54) is 24.3 Å². The van der Waals surface area contributed by atoms with Gasteiger partial charge >= 0.3 is 6.18 Å². The number of H-pyrrole nitrogens is 1. The summed E-state index contributed by atoms with van der Waals surface area (Å²) in [5, 5.41) is 5.76. The fraction of sp³-hybridized carbons (Fsp3) is 0.211. The van der Waals surface area contributed by atoms with E-state index in [2.05, 4.69) is 15.6 Å². The van der Waals surface area contributed by atoms with E-state index < -0.39 is 35.9 Å². The number of aromatic nitrogens is 1. The van der Waals surface area contributed by atoms with Gasteiger partial charge in [0.1, 0.15) is 11.9 Å². The number of hydrogen-bond donors (Lipinski definition) is 3. The number of halogens is 5. The SMILES string of the molecule is O=C1Nc2ccc(Cl)cc2[C@@]12N[C@H](C(F)(F)F)Cc1c2[nH]c2ccc(F)cc12. The lowest BCUT2D eigenvalue weighted by Crippen LogP contribution is -2.61. The van der Waals surface area contributed by atoms with Crippen molar-refractivity contribution in [1.29, 1.82) is 0 Å². The second-order valence-electron chi connectivity index (χ2n) is 7.01. The quantitative estimate of drug-likeness (QED) is 0.487. The van der Waals surface area contributed by atoms with E-state index in [9.17, 15) is 22.4 Å². The zero-order valence-corrected chi connectivity index (χ0v) is 14.8. The highest BCUT2D eigenvalue weighted by Gasteiger charge is 2.58. The van der Waals surface area contributed by atoms with Crippen LogP contribution in [0.3, 0.4) is 0 Å². The molecule has 2 aliphatic heterocycles. The van der Waals surface area contributed by atoms with Gasteiger partial charge in [0.05, 0.1) is 5.69 Å². The van der Waals surface area contributed by atoms with Gasteiger partial charge in [-0.15, -0.1) is 0 Å². The molecule has 2 atom stereocenters. The number of fused-ring (bicyclic) bond motifs is 6. The minimum Gasteiger partial charge on any atom is -0.356 e. The maximum absolute atomic E-state index is 13.8. The molecule has 0 saturated heterocycles. The molecule has 3 heterocycles. The topological polar surface area (TPSA) is 56.9 Å². The van der Waals surface area contributed by atoms with E-state index >= 15 is 0 Å². The first-order valence-electron chi connectivity index (χ1n) is 8.46. The Labute approximate surface area is 160 Å². The van der Waals surface area contributed by atoms with Gasteiger partial charge in [0.25, 0.3) is 5.91 Å². The van der Waals surface area contributed by atoms with Gasteiger partial charge < -0.3 is 10.3 Å². The van der Waals surface area contributed by atoms with Gasteiger partial charge in [0.2, 0.25) is 0 Å². The number of anilines is 1. The van der Waals surface area contributed by atoms with Gasteiger partial charge in [0.15, 0.2) is 5.54 Å². The Kier molecular flexibility index (Phi) is 3.43. The molecule has 0 fully saturated rings. The second-order valence-corrected chi connectivity index (χ2v) is 7.44. The van der Waals surface area contributed by atoms with Gasteiger partial charge in [-0.2, -0.15) is 13.2 Å². The average molecular weight is 410 g/mol. The summed E-state index contributed by atoms with van der Waals surface area (Å²) in [4.78, 5) is 16.1. The molecule has 28 heavy (non-hydrogen) atoms. The third-order valence-electron chi connectivity index (χ3n) is 5.41. The van der Waals surface area contributed by atoms with Gasteiger partial charge in [-0.3, -0.25) is 10.1 Å². The fourth-order valence-electron chi connectivity index (χ4n) is 4.20. The van der Waals surface area contributed by atoms with Crippen LogP contribution in [0.4, 0.5) is 23.2 Å². The molecule has 144 valence electrons. The van der Waals surface area contributed by atoms with Crippen molar-refractivity contribution in [2.24, 2.45) is 0 Å². The monoisotopic (exact) mass is 409 g/mol. The van der Waals surface area contributed by atoms with Crippen LogP contribution >= 0.6 is 11.6 Å². The lowest BCUT2D eigenvalue weighted by molar-refractivity contribution is -0.162. The zero-order chi connectivity index (χ0) is 19.8. The Bertz CT molecular complexity index is 1160. The predicted octanol–water partition coefficient (Wildman–Crippen LogP) is 4.23. The van der Waals surface area contributed by atoms with E-state index in [1.807, 2.05) is 0 Å². The van der Waals surface area contributed by atoms with Crippen LogP contribution in [0.2, 0.25) is 5.02 Å². The summed E-state index contributed by atoms with van der Waals surface area (Å²) < 4.78 is 55.0. The largest absolute Gasteiger partial charge is 0.404 e. The first-order chi connectivity index (χ1) is 13.2. The lowest BCUT2D eigenvalue weighted by atomic mass is 9.79. The Balaban J connectivity index is 1.86. The molecule has 0 bridgehead atoms. The highest BCUT2D eigenvalue weighted by molar-refractivity contribution is 6.31. The van der Waals surface area contributed by atoms with Crippen molar-refractivity contribution in [2.75, 3.05) is 5.32 Å². The van der Waals surface area contributed by atoms with Crippen LogP contribution < -0.4 is 10.6 Å². The van der Waals surface area contributed by atoms with Gasteiger partial charge in [-0.1, -0.05) is 11.6 Å². The molecule has 5 rings (SSSR count). The Morgan fingerprint density at radius 3 is 2.68 bits per heavy atom. The highest BCUT2D eigenvalue weighted by Crippen LogP contribution is 2.48. The number of carbonyl (C=O) groups excluding carboxylic acids is 1. The van der Waals surface area contributed by atoms with Crippen molar-refractivity contribution >= 4 is 34.1 Å². The van der Waals surface area contributed by atoms with Crippen molar-refractivity contribution in [1.82, 2.24) is 10.3 Å². The molecule has 0 unspecified atom stereocenters. The number of rotatable bonds is 0. The number of carbonyl (C=O) groups is 1. The second kappa shape index (κ2) is 5.48. The van der Waals surface area contributed by atoms with E-state index in [4.69, 9.17) is 11.6 Å². The van der Waals surface area contributed by atoms with Crippen molar-refractivity contribution in [3.8, 4) is 0 Å². The van der Waals surface area contributed by atoms with Crippen LogP contribution in [0.25, 0.3) is 10.9 Å². The van der Waals surface area contributed by atoms with E-state index in [1.54, 1.807) is 12.1 Å². The Morgan fingerprint density at radius 1 is 1.14 bits per heavy atom. The number of amides is 1. The maximum Gasteiger partial charge on any atom is 0.404 e. The summed E-state index contributed by atoms with van der Waals surface area (Å²) in [6.07, 6.45) is -5.03. The van der Waals surface area contributed by atoms with Gasteiger partial charge in [-0.05, 0) is 48.4 Å². The summed E-state index contributed by atoms with van der Waals surface area (Å²) >= 11 is 6.08. The summed E-state index contributed by atoms with van der Waals surface area (Å²) in [5.74, 6) is -1.21. The van der Waals surface area contributed by atoms with Crippen LogP contribution in [-0.4, -0.2) is 23.1 Å². The normalized spacial score (nSPS) is 23.8. The van der Waals surface area contributed by atoms with Gasteiger partial charge in [-0.25, -0.2) is 4.39 Å². The summed E-state index contributed by atoms with van der Waals surface area (Å²) in [5.41, 5.74) is -0.138. The molecular formula is C19H12ClF4N3O. The van der Waals surface area contributed by atoms with Gasteiger partial charge in [0, 0.05) is 27.2 Å². The molecule has 1 amide bonds. The lowest BCUT2D eigenvalue weighted by Gasteiger charge is -2.39. The van der Waals surface area contributed by atoms with Crippen molar-refractivity contribution in [3.05, 3.63) is 64.1 Å². The van der Waals surface area contributed by atoms with Crippen LogP contribution in [0, 0.1) is 5.82 Å². The van der Waals surface area contributed by atoms with Crippen molar-refractivity contribution in [3.63, 3.8) is 0 Å². The van der Waals surface area contributed by atoms with Crippen molar-refractivity contribution in [2.45, 2.75) is 24.2 Å². The molecule has 1 aromatic heterocycles. The molecule has 9 heteroatoms. The van der Waals surface area contributed by atoms with Crippen LogP contribution in [-0.2, 0) is 16.8 Å². The first kappa shape index (κ1) is 17.5. The van der Waals surface area contributed by atoms with Crippen LogP contribution in [0.15, 0.2) is 36.4 Å². The Hall–Kier alpha value is -2.58. The van der Waals surface area contributed by atoms with Crippen molar-refractivity contribution < 1.29 is 22.4 Å². The summed E-state index contributed by atoms with van der Waals surface area (Å²) in [7, 11) is 0. The van der Waals surface area contributed by atoms with Crippen LogP contribution in [0.1, 0.15) is 16.8 Å². The van der Waals surface area contributed by atoms with E-state index in [-0.39, 0.29) is 16.3 Å². The van der Waals surface area contributed by atoms with Crippen LogP contribution in [0.5, 0.6) is 0 Å². The smallest absolute Gasteiger partial charge is 0.356 e. The average Bonchev–Trinajstić information content (AvgIpc) is 3.11. The standard InChI is InChI=1S/C19H12ClF4N3O/c20-8-1-3-14-12(5-8)18(17(28)26-14)16-11(7-15(27-18)19(22,23)24)10-6-9(21)2-4-13(10)25-16/h1-6,15,25,27H,7H2,(H,26,28)/t15-,18-/m0/s1. The number of hydrogen-bond acceptors (Lipinski definition) is 2. The molecule has 3 N–H and O–H groups in total. The predicted molar refractivity (Wildman–Crippen MR) is 95.8 cm³/mol. The maximum atomic E-state index is 13.8. The summed E-state index contributed by atoms with van der Waals surface area (Å²) in [6.45, 7) is 0. The molecule has 2 aromatic carbocycles. The minimum atomic E-state index is -4.61. The molecule has 4 nitrogen and oxygen atoms in total. The fourth-order valence-corrected chi connectivity index (χ4v) is 4.38. The number of benzene rings is 2. The van der Waals surface area contributed by atoms with E-state index in [0.29, 0.717) is 22.2 Å². The summed E-state index contributed by atoms with van der Waals surface area (Å²) in [6, 6.07) is 6.42.